The van der Waals surface area contributed by atoms with Crippen molar-refractivity contribution in [2.24, 2.45) is 40.2 Å². The maximum absolute atomic E-state index is 12.6. The Morgan fingerprint density at radius 2 is 1.92 bits per heavy atom. The predicted molar refractivity (Wildman–Crippen MR) is 99.9 cm³/mol. The first kappa shape index (κ1) is 18.1. The SMILES string of the molecule is CC(=O)OC1CCC2=CC[C@H]3[C@@H]4CCC[C@@]4(C)CC[C@@H]3[C@@]2(C)C1C(N)=O. The van der Waals surface area contributed by atoms with Gasteiger partial charge in [0.05, 0.1) is 5.92 Å². The number of allylic oxidation sites excluding steroid dienone is 2. The van der Waals surface area contributed by atoms with Gasteiger partial charge in [-0.05, 0) is 68.1 Å². The highest BCUT2D eigenvalue weighted by Gasteiger charge is 2.61. The molecule has 0 saturated heterocycles. The Bertz CT molecular complexity index is 656. The number of ether oxygens (including phenoxy) is 1. The Hall–Kier alpha value is -1.32. The summed E-state index contributed by atoms with van der Waals surface area (Å²) in [5.74, 6) is 0.877. The van der Waals surface area contributed by atoms with Gasteiger partial charge in [0.15, 0.2) is 0 Å². The lowest BCUT2D eigenvalue weighted by Crippen LogP contribution is -2.58. The highest BCUT2D eigenvalue weighted by atomic mass is 16.5. The van der Waals surface area contributed by atoms with Gasteiger partial charge >= 0.3 is 5.97 Å². The molecule has 4 heteroatoms. The van der Waals surface area contributed by atoms with Crippen LogP contribution >= 0.6 is 0 Å². The molecule has 0 heterocycles. The summed E-state index contributed by atoms with van der Waals surface area (Å²) in [7, 11) is 0. The van der Waals surface area contributed by atoms with Gasteiger partial charge in [0.2, 0.25) is 5.91 Å². The van der Waals surface area contributed by atoms with Gasteiger partial charge in [-0.2, -0.15) is 0 Å². The predicted octanol–water partition coefficient (Wildman–Crippen LogP) is 3.98. The van der Waals surface area contributed by atoms with Crippen LogP contribution < -0.4 is 5.73 Å². The highest BCUT2D eigenvalue weighted by Crippen LogP contribution is 2.66. The normalized spacial score (nSPS) is 47.2. The van der Waals surface area contributed by atoms with E-state index >= 15 is 0 Å². The van der Waals surface area contributed by atoms with Crippen molar-refractivity contribution < 1.29 is 14.3 Å². The minimum atomic E-state index is -0.398. The Morgan fingerprint density at radius 1 is 1.15 bits per heavy atom. The first-order valence-electron chi connectivity index (χ1n) is 10.4. The lowest BCUT2D eigenvalue weighted by molar-refractivity contribution is -0.162. The Morgan fingerprint density at radius 3 is 2.62 bits per heavy atom. The summed E-state index contributed by atoms with van der Waals surface area (Å²) < 4.78 is 5.60. The molecule has 0 aromatic carbocycles. The lowest BCUT2D eigenvalue weighted by atomic mass is 9.45. The number of hydrogen-bond donors (Lipinski definition) is 1. The molecule has 0 bridgehead atoms. The largest absolute Gasteiger partial charge is 0.462 e. The number of carbonyl (C=O) groups is 2. The molecule has 7 atom stereocenters. The van der Waals surface area contributed by atoms with Crippen LogP contribution in [0, 0.1) is 34.5 Å². The molecule has 4 rings (SSSR count). The van der Waals surface area contributed by atoms with Crippen LogP contribution in [0.2, 0.25) is 0 Å². The minimum Gasteiger partial charge on any atom is -0.462 e. The van der Waals surface area contributed by atoms with Crippen molar-refractivity contribution in [2.75, 3.05) is 0 Å². The summed E-state index contributed by atoms with van der Waals surface area (Å²) in [6.07, 6.45) is 11.3. The van der Waals surface area contributed by atoms with E-state index in [9.17, 15) is 9.59 Å². The second-order valence-corrected chi connectivity index (χ2v) is 9.78. The third-order valence-electron chi connectivity index (χ3n) is 8.66. The molecule has 144 valence electrons. The molecule has 0 aliphatic heterocycles. The van der Waals surface area contributed by atoms with Crippen molar-refractivity contribution in [1.82, 2.24) is 0 Å². The van der Waals surface area contributed by atoms with Crippen LogP contribution in [0.1, 0.15) is 72.1 Å². The molecule has 4 aliphatic rings. The van der Waals surface area contributed by atoms with Crippen LogP contribution in [0.25, 0.3) is 0 Å². The van der Waals surface area contributed by atoms with Gasteiger partial charge in [-0.3, -0.25) is 9.59 Å². The van der Waals surface area contributed by atoms with Crippen LogP contribution in [0.3, 0.4) is 0 Å². The summed E-state index contributed by atoms with van der Waals surface area (Å²) in [5.41, 5.74) is 7.55. The van der Waals surface area contributed by atoms with Crippen LogP contribution in [0.5, 0.6) is 0 Å². The third kappa shape index (κ3) is 2.47. The Kier molecular flexibility index (Phi) is 4.24. The summed E-state index contributed by atoms with van der Waals surface area (Å²) in [4.78, 5) is 24.2. The molecular formula is C22H33NO3. The fraction of sp³-hybridized carbons (Fsp3) is 0.818. The fourth-order valence-corrected chi connectivity index (χ4v) is 7.56. The van der Waals surface area contributed by atoms with Gasteiger partial charge in [0.1, 0.15) is 6.10 Å². The third-order valence-corrected chi connectivity index (χ3v) is 8.66. The molecule has 1 amide bonds. The molecule has 0 aromatic rings. The molecule has 0 aromatic heterocycles. The minimum absolute atomic E-state index is 0.253. The maximum Gasteiger partial charge on any atom is 0.302 e. The molecular weight excluding hydrogens is 326 g/mol. The van der Waals surface area contributed by atoms with Crippen LogP contribution in [0.15, 0.2) is 11.6 Å². The molecule has 3 saturated carbocycles. The number of fused-ring (bicyclic) bond motifs is 5. The molecule has 4 nitrogen and oxygen atoms in total. The summed E-state index contributed by atoms with van der Waals surface area (Å²) in [5, 5.41) is 0. The number of carbonyl (C=O) groups excluding carboxylic acids is 2. The smallest absolute Gasteiger partial charge is 0.302 e. The van der Waals surface area contributed by atoms with Crippen molar-refractivity contribution in [1.29, 1.82) is 0 Å². The van der Waals surface area contributed by atoms with Gasteiger partial charge in [-0.15, -0.1) is 0 Å². The van der Waals surface area contributed by atoms with E-state index in [0.29, 0.717) is 23.7 Å². The quantitative estimate of drug-likeness (QED) is 0.599. The van der Waals surface area contributed by atoms with E-state index in [1.807, 2.05) is 0 Å². The van der Waals surface area contributed by atoms with Gasteiger partial charge in [-0.1, -0.05) is 31.9 Å². The van der Waals surface area contributed by atoms with E-state index in [1.54, 1.807) is 0 Å². The van der Waals surface area contributed by atoms with Crippen LogP contribution in [-0.2, 0) is 14.3 Å². The number of nitrogens with two attached hydrogens (primary N) is 1. The molecule has 3 fully saturated rings. The fourth-order valence-electron chi connectivity index (χ4n) is 7.56. The zero-order chi connectivity index (χ0) is 18.7. The molecule has 0 radical (unpaired) electrons. The topological polar surface area (TPSA) is 69.4 Å². The van der Waals surface area contributed by atoms with E-state index in [0.717, 1.165) is 18.8 Å². The van der Waals surface area contributed by atoms with E-state index in [2.05, 4.69) is 19.9 Å². The van der Waals surface area contributed by atoms with Gasteiger partial charge < -0.3 is 10.5 Å². The van der Waals surface area contributed by atoms with E-state index in [-0.39, 0.29) is 23.4 Å². The van der Waals surface area contributed by atoms with Gasteiger partial charge in [-0.25, -0.2) is 0 Å². The number of primary amides is 1. The standard InChI is InChI=1S/C22H33NO3/c1-13(24)26-18-9-7-14-6-8-15-16-5-4-11-21(16,2)12-10-17(15)22(14,3)19(18)20(23)25/h6,15-19H,4-5,7-12H2,1-3H3,(H2,23,25)/t15-,16-,17-,18?,19?,21-,22-/m0/s1. The summed E-state index contributed by atoms with van der Waals surface area (Å²) in [6.45, 7) is 6.16. The molecule has 4 aliphatic carbocycles. The van der Waals surface area contributed by atoms with Gasteiger partial charge in [0, 0.05) is 12.3 Å². The van der Waals surface area contributed by atoms with Crippen LogP contribution in [-0.4, -0.2) is 18.0 Å². The highest BCUT2D eigenvalue weighted by molar-refractivity contribution is 5.80. The van der Waals surface area contributed by atoms with Crippen molar-refractivity contribution in [3.8, 4) is 0 Å². The summed E-state index contributed by atoms with van der Waals surface area (Å²) >= 11 is 0. The number of rotatable bonds is 2. The average Bonchev–Trinajstić information content (AvgIpc) is 2.95. The maximum atomic E-state index is 12.6. The number of esters is 1. The van der Waals surface area contributed by atoms with E-state index < -0.39 is 5.92 Å². The van der Waals surface area contributed by atoms with Gasteiger partial charge in [0.25, 0.3) is 0 Å². The first-order valence-corrected chi connectivity index (χ1v) is 10.4. The second kappa shape index (κ2) is 6.10. The number of amides is 1. The van der Waals surface area contributed by atoms with E-state index in [1.165, 1.54) is 44.6 Å². The molecule has 2 N–H and O–H groups in total. The van der Waals surface area contributed by atoms with Crippen molar-refractivity contribution in [2.45, 2.75) is 78.2 Å². The van der Waals surface area contributed by atoms with Crippen molar-refractivity contribution in [3.05, 3.63) is 11.6 Å². The monoisotopic (exact) mass is 359 g/mol. The summed E-state index contributed by atoms with van der Waals surface area (Å²) in [6, 6.07) is 0. The molecule has 2 unspecified atom stereocenters. The average molecular weight is 360 g/mol. The Labute approximate surface area is 156 Å². The lowest BCUT2D eigenvalue weighted by Gasteiger charge is -2.59. The van der Waals surface area contributed by atoms with Crippen molar-refractivity contribution >= 4 is 11.9 Å². The van der Waals surface area contributed by atoms with E-state index in [4.69, 9.17) is 10.5 Å². The van der Waals surface area contributed by atoms with Crippen molar-refractivity contribution in [3.63, 3.8) is 0 Å². The zero-order valence-corrected chi connectivity index (χ0v) is 16.4. The molecule has 26 heavy (non-hydrogen) atoms. The first-order chi connectivity index (χ1) is 12.3. The number of hydrogen-bond acceptors (Lipinski definition) is 3. The second-order valence-electron chi connectivity index (χ2n) is 9.78. The zero-order valence-electron chi connectivity index (χ0n) is 16.4. The Balaban J connectivity index is 1.73. The molecule has 0 spiro atoms. The van der Waals surface area contributed by atoms with Crippen LogP contribution in [0.4, 0.5) is 0 Å².